The average molecular weight is 347 g/mol. The number of aromatic nitrogens is 2. The Morgan fingerprint density at radius 1 is 1.42 bits per heavy atom. The lowest BCUT2D eigenvalue weighted by molar-refractivity contribution is -0.121. The van der Waals surface area contributed by atoms with E-state index in [2.05, 4.69) is 22.4 Å². The Bertz CT molecular complexity index is 728. The van der Waals surface area contributed by atoms with Gasteiger partial charge in [0, 0.05) is 17.6 Å². The Labute approximate surface area is 147 Å². The molecule has 1 saturated heterocycles. The normalized spacial score (nSPS) is 18.5. The standard InChI is InChI=1S/C18H23ClN4O/c1-13-10-17(20-18(24)15-7-5-9-22(2)11-15)23(21-13)12-14-6-3-4-8-16(14)19/h3-4,6,8,10,15H,5,7,9,11-12H2,1-2H3,(H,20,24)/t15-/m1/s1. The molecule has 2 aromatic rings. The topological polar surface area (TPSA) is 50.2 Å². The van der Waals surface area contributed by atoms with Crippen LogP contribution in [0.4, 0.5) is 5.82 Å². The molecule has 128 valence electrons. The van der Waals surface area contributed by atoms with Crippen molar-refractivity contribution in [2.75, 3.05) is 25.5 Å². The Balaban J connectivity index is 1.74. The van der Waals surface area contributed by atoms with Gasteiger partial charge in [-0.05, 0) is 45.0 Å². The first-order chi connectivity index (χ1) is 11.5. The largest absolute Gasteiger partial charge is 0.311 e. The van der Waals surface area contributed by atoms with Crippen LogP contribution in [0.15, 0.2) is 30.3 Å². The van der Waals surface area contributed by atoms with E-state index in [9.17, 15) is 4.79 Å². The summed E-state index contributed by atoms with van der Waals surface area (Å²) in [5.41, 5.74) is 1.85. The maximum atomic E-state index is 12.6. The molecule has 2 heterocycles. The van der Waals surface area contributed by atoms with E-state index in [1.54, 1.807) is 4.68 Å². The van der Waals surface area contributed by atoms with Gasteiger partial charge in [-0.3, -0.25) is 4.79 Å². The number of aryl methyl sites for hydroxylation is 1. The third-order valence-electron chi connectivity index (χ3n) is 4.43. The highest BCUT2D eigenvalue weighted by Gasteiger charge is 2.24. The Morgan fingerprint density at radius 2 is 2.21 bits per heavy atom. The molecule has 5 nitrogen and oxygen atoms in total. The van der Waals surface area contributed by atoms with Crippen molar-refractivity contribution < 1.29 is 4.79 Å². The first-order valence-corrected chi connectivity index (χ1v) is 8.68. The molecule has 1 aromatic heterocycles. The van der Waals surface area contributed by atoms with Gasteiger partial charge in [0.1, 0.15) is 5.82 Å². The van der Waals surface area contributed by atoms with Crippen molar-refractivity contribution in [1.82, 2.24) is 14.7 Å². The van der Waals surface area contributed by atoms with Crippen LogP contribution >= 0.6 is 11.6 Å². The molecule has 0 aliphatic carbocycles. The van der Waals surface area contributed by atoms with Crippen molar-refractivity contribution in [3.63, 3.8) is 0 Å². The van der Waals surface area contributed by atoms with E-state index < -0.39 is 0 Å². The van der Waals surface area contributed by atoms with Crippen LogP contribution in [0.1, 0.15) is 24.1 Å². The summed E-state index contributed by atoms with van der Waals surface area (Å²) in [6.45, 7) is 4.33. The summed E-state index contributed by atoms with van der Waals surface area (Å²) >= 11 is 6.24. The first-order valence-electron chi connectivity index (χ1n) is 8.30. The van der Waals surface area contributed by atoms with Crippen LogP contribution in [0.5, 0.6) is 0 Å². The van der Waals surface area contributed by atoms with Gasteiger partial charge in [0.15, 0.2) is 0 Å². The molecule has 6 heteroatoms. The van der Waals surface area contributed by atoms with Crippen molar-refractivity contribution in [3.8, 4) is 0 Å². The van der Waals surface area contributed by atoms with Gasteiger partial charge in [0.25, 0.3) is 0 Å². The summed E-state index contributed by atoms with van der Waals surface area (Å²) in [6, 6.07) is 9.60. The number of likely N-dealkylation sites (tertiary alicyclic amines) is 1. The number of benzene rings is 1. The molecule has 1 aromatic carbocycles. The highest BCUT2D eigenvalue weighted by Crippen LogP contribution is 2.21. The number of hydrogen-bond acceptors (Lipinski definition) is 3. The monoisotopic (exact) mass is 346 g/mol. The third-order valence-corrected chi connectivity index (χ3v) is 4.80. The van der Waals surface area contributed by atoms with Crippen LogP contribution in [-0.4, -0.2) is 40.7 Å². The van der Waals surface area contributed by atoms with Crippen LogP contribution in [0.2, 0.25) is 5.02 Å². The highest BCUT2D eigenvalue weighted by molar-refractivity contribution is 6.31. The summed E-state index contributed by atoms with van der Waals surface area (Å²) in [4.78, 5) is 14.8. The molecule has 3 rings (SSSR count). The number of anilines is 1. The van der Waals surface area contributed by atoms with Crippen molar-refractivity contribution >= 4 is 23.3 Å². The van der Waals surface area contributed by atoms with Crippen molar-refractivity contribution in [2.45, 2.75) is 26.3 Å². The molecule has 1 fully saturated rings. The fourth-order valence-corrected chi connectivity index (χ4v) is 3.36. The molecule has 0 radical (unpaired) electrons. The molecule has 0 spiro atoms. The van der Waals surface area contributed by atoms with E-state index in [0.717, 1.165) is 43.0 Å². The van der Waals surface area contributed by atoms with Crippen LogP contribution < -0.4 is 5.32 Å². The molecular formula is C18H23ClN4O. The fourth-order valence-electron chi connectivity index (χ4n) is 3.16. The van der Waals surface area contributed by atoms with Gasteiger partial charge in [-0.2, -0.15) is 5.10 Å². The van der Waals surface area contributed by atoms with E-state index >= 15 is 0 Å². The van der Waals surface area contributed by atoms with Gasteiger partial charge in [0.05, 0.1) is 18.2 Å². The predicted molar refractivity (Wildman–Crippen MR) is 96.4 cm³/mol. The van der Waals surface area contributed by atoms with Crippen LogP contribution in [0.25, 0.3) is 0 Å². The number of carbonyl (C=O) groups is 1. The first kappa shape index (κ1) is 17.0. The SMILES string of the molecule is Cc1cc(NC(=O)[C@@H]2CCCN(C)C2)n(Cc2ccccc2Cl)n1. The lowest BCUT2D eigenvalue weighted by Gasteiger charge is -2.28. The quantitative estimate of drug-likeness (QED) is 0.925. The second-order valence-corrected chi connectivity index (χ2v) is 6.92. The Kier molecular flexibility index (Phi) is 5.21. The van der Waals surface area contributed by atoms with Gasteiger partial charge in [-0.15, -0.1) is 0 Å². The molecular weight excluding hydrogens is 324 g/mol. The van der Waals surface area contributed by atoms with E-state index in [-0.39, 0.29) is 11.8 Å². The molecule has 24 heavy (non-hydrogen) atoms. The van der Waals surface area contributed by atoms with Gasteiger partial charge < -0.3 is 10.2 Å². The Hall–Kier alpha value is -1.85. The van der Waals surface area contributed by atoms with E-state index in [4.69, 9.17) is 11.6 Å². The summed E-state index contributed by atoms with van der Waals surface area (Å²) in [7, 11) is 2.06. The molecule has 0 saturated carbocycles. The van der Waals surface area contributed by atoms with Gasteiger partial charge in [0.2, 0.25) is 5.91 Å². The third kappa shape index (κ3) is 3.97. The number of rotatable bonds is 4. The summed E-state index contributed by atoms with van der Waals surface area (Å²) in [6.07, 6.45) is 2.00. The summed E-state index contributed by atoms with van der Waals surface area (Å²) in [5.74, 6) is 0.834. The number of piperidine rings is 1. The number of nitrogens with zero attached hydrogens (tertiary/aromatic N) is 3. The summed E-state index contributed by atoms with van der Waals surface area (Å²) < 4.78 is 1.81. The molecule has 1 aliphatic heterocycles. The van der Waals surface area contributed by atoms with E-state index in [1.807, 2.05) is 37.3 Å². The predicted octanol–water partition coefficient (Wildman–Crippen LogP) is 3.17. The number of amides is 1. The number of halogens is 1. The molecule has 0 unspecified atom stereocenters. The lowest BCUT2D eigenvalue weighted by atomic mass is 9.98. The molecule has 1 amide bonds. The number of carbonyl (C=O) groups excluding carboxylic acids is 1. The lowest BCUT2D eigenvalue weighted by Crippen LogP contribution is -2.38. The average Bonchev–Trinajstić information content (AvgIpc) is 2.89. The maximum Gasteiger partial charge on any atom is 0.229 e. The minimum atomic E-state index is 0.0349. The van der Waals surface area contributed by atoms with E-state index in [1.165, 1.54) is 0 Å². The number of nitrogens with one attached hydrogen (secondary N) is 1. The van der Waals surface area contributed by atoms with Crippen molar-refractivity contribution in [1.29, 1.82) is 0 Å². The van der Waals surface area contributed by atoms with Crippen LogP contribution in [-0.2, 0) is 11.3 Å². The molecule has 0 bridgehead atoms. The zero-order valence-corrected chi connectivity index (χ0v) is 14.9. The minimum absolute atomic E-state index is 0.0349. The highest BCUT2D eigenvalue weighted by atomic mass is 35.5. The second-order valence-electron chi connectivity index (χ2n) is 6.51. The van der Waals surface area contributed by atoms with Crippen molar-refractivity contribution in [3.05, 3.63) is 46.6 Å². The fraction of sp³-hybridized carbons (Fsp3) is 0.444. The van der Waals surface area contributed by atoms with Crippen molar-refractivity contribution in [2.24, 2.45) is 5.92 Å². The van der Waals surface area contributed by atoms with Crippen LogP contribution in [0, 0.1) is 12.8 Å². The van der Waals surface area contributed by atoms with Gasteiger partial charge in [-0.1, -0.05) is 29.8 Å². The number of hydrogen-bond donors (Lipinski definition) is 1. The second kappa shape index (κ2) is 7.36. The zero-order valence-electron chi connectivity index (χ0n) is 14.1. The summed E-state index contributed by atoms with van der Waals surface area (Å²) in [5, 5.41) is 8.25. The molecule has 1 aliphatic rings. The van der Waals surface area contributed by atoms with E-state index in [0.29, 0.717) is 11.6 Å². The maximum absolute atomic E-state index is 12.6. The van der Waals surface area contributed by atoms with Crippen LogP contribution in [0.3, 0.4) is 0 Å². The van der Waals surface area contributed by atoms with Gasteiger partial charge >= 0.3 is 0 Å². The Morgan fingerprint density at radius 3 is 2.96 bits per heavy atom. The minimum Gasteiger partial charge on any atom is -0.311 e. The van der Waals surface area contributed by atoms with Gasteiger partial charge in [-0.25, -0.2) is 4.68 Å². The zero-order chi connectivity index (χ0) is 17.1. The smallest absolute Gasteiger partial charge is 0.229 e. The molecule has 1 N–H and O–H groups in total. The molecule has 1 atom stereocenters.